The Hall–Kier alpha value is -1.41. The molecule has 2 heteroatoms. The van der Waals surface area contributed by atoms with Crippen molar-refractivity contribution in [2.75, 3.05) is 20.6 Å². The lowest BCUT2D eigenvalue weighted by atomic mass is 9.95. The summed E-state index contributed by atoms with van der Waals surface area (Å²) in [6, 6.07) is 11.1. The monoisotopic (exact) mass is 456 g/mol. The Balaban J connectivity index is 2.25. The van der Waals surface area contributed by atoms with Crippen molar-refractivity contribution < 1.29 is 9.28 Å². The molecule has 0 fully saturated rings. The fourth-order valence-electron chi connectivity index (χ4n) is 4.95. The highest BCUT2D eigenvalue weighted by Crippen LogP contribution is 2.31. The number of Topliss-reactive ketones (excluding diaryl/α,β-unsaturated/α-hetero) is 1. The molecule has 0 aliphatic heterocycles. The Morgan fingerprint density at radius 3 is 1.70 bits per heavy atom. The van der Waals surface area contributed by atoms with Gasteiger partial charge in [-0.2, -0.15) is 0 Å². The summed E-state index contributed by atoms with van der Waals surface area (Å²) in [6.45, 7) is 9.11. The first-order valence-corrected chi connectivity index (χ1v) is 13.9. The summed E-state index contributed by atoms with van der Waals surface area (Å²) in [5.41, 5.74) is 2.03. The van der Waals surface area contributed by atoms with Crippen LogP contribution in [0.5, 0.6) is 0 Å². The number of carbonyl (C=O) groups excluding carboxylic acids is 1. The fraction of sp³-hybridized carbons (Fsp3) is 0.710. The van der Waals surface area contributed by atoms with E-state index in [1.165, 1.54) is 102 Å². The van der Waals surface area contributed by atoms with Crippen molar-refractivity contribution in [1.29, 1.82) is 0 Å². The Labute approximate surface area is 206 Å². The molecule has 0 spiro atoms. The van der Waals surface area contributed by atoms with E-state index in [0.29, 0.717) is 18.0 Å². The van der Waals surface area contributed by atoms with Crippen molar-refractivity contribution >= 4 is 5.78 Å². The van der Waals surface area contributed by atoms with E-state index in [-0.39, 0.29) is 5.78 Å². The van der Waals surface area contributed by atoms with E-state index in [1.807, 2.05) is 6.92 Å². The van der Waals surface area contributed by atoms with Gasteiger partial charge in [-0.3, -0.25) is 4.79 Å². The number of hydrogen-bond donors (Lipinski definition) is 0. The second-order valence-corrected chi connectivity index (χ2v) is 10.8. The molecule has 188 valence electrons. The number of allylic oxidation sites excluding steroid dienone is 1. The van der Waals surface area contributed by atoms with Crippen LogP contribution in [0, 0.1) is 0 Å². The van der Waals surface area contributed by atoms with E-state index in [1.54, 1.807) is 0 Å². The van der Waals surface area contributed by atoms with E-state index >= 15 is 0 Å². The third-order valence-corrected chi connectivity index (χ3v) is 7.24. The summed E-state index contributed by atoms with van der Waals surface area (Å²) >= 11 is 0. The Morgan fingerprint density at radius 1 is 0.788 bits per heavy atom. The van der Waals surface area contributed by atoms with Crippen LogP contribution in [-0.2, 0) is 4.79 Å². The second kappa shape index (κ2) is 18.0. The van der Waals surface area contributed by atoms with Crippen molar-refractivity contribution in [3.8, 4) is 0 Å². The maximum Gasteiger partial charge on any atom is 0.158 e. The summed E-state index contributed by atoms with van der Waals surface area (Å²) in [7, 11) is 4.68. The molecule has 0 heterocycles. The van der Waals surface area contributed by atoms with Crippen LogP contribution in [0.4, 0.5) is 0 Å². The summed E-state index contributed by atoms with van der Waals surface area (Å²) in [5, 5.41) is 0. The minimum Gasteiger partial charge on any atom is -0.322 e. The van der Waals surface area contributed by atoms with Crippen LogP contribution in [-0.4, -0.2) is 30.9 Å². The highest BCUT2D eigenvalue weighted by molar-refractivity contribution is 5.94. The van der Waals surface area contributed by atoms with Crippen LogP contribution < -0.4 is 0 Å². The number of rotatable bonds is 21. The van der Waals surface area contributed by atoms with Gasteiger partial charge in [0.1, 0.15) is 6.04 Å². The number of nitrogens with zero attached hydrogens (tertiary/aromatic N) is 1. The Bertz CT molecular complexity index is 634. The van der Waals surface area contributed by atoms with Crippen LogP contribution >= 0.6 is 0 Å². The van der Waals surface area contributed by atoms with Gasteiger partial charge < -0.3 is 4.48 Å². The standard InChI is InChI=1S/C31H54NO/c1-6-7-8-9-10-11-12-13-14-15-16-17-18-22-27-32(4,5)30(25-26-31(33)28(2)3)29-23-20-19-21-24-29/h19-21,23-24,30H,2,6-18,22,25-27H2,1,3-5H3/q+1. The minimum absolute atomic E-state index is 0.201. The quantitative estimate of drug-likeness (QED) is 0.102. The van der Waals surface area contributed by atoms with Crippen LogP contribution in [0.15, 0.2) is 42.5 Å². The number of unbranched alkanes of at least 4 members (excludes halogenated alkanes) is 13. The molecule has 0 radical (unpaired) electrons. The molecule has 1 unspecified atom stereocenters. The zero-order valence-corrected chi connectivity index (χ0v) is 22.5. The molecule has 0 saturated heterocycles. The number of hydrogen-bond acceptors (Lipinski definition) is 1. The Kier molecular flexibility index (Phi) is 16.1. The maximum atomic E-state index is 12.2. The van der Waals surface area contributed by atoms with E-state index in [2.05, 4.69) is 57.9 Å². The number of ketones is 1. The predicted octanol–water partition coefficient (Wildman–Crippen LogP) is 9.21. The van der Waals surface area contributed by atoms with E-state index in [9.17, 15) is 4.79 Å². The molecule has 1 rings (SSSR count). The van der Waals surface area contributed by atoms with E-state index < -0.39 is 0 Å². The first kappa shape index (κ1) is 29.6. The van der Waals surface area contributed by atoms with Gasteiger partial charge in [0.15, 0.2) is 5.78 Å². The SMILES string of the molecule is C=C(C)C(=O)CCC(c1ccccc1)[N+](C)(C)CCCCCCCCCCCCCCCC. The highest BCUT2D eigenvalue weighted by atomic mass is 16.1. The van der Waals surface area contributed by atoms with Gasteiger partial charge in [-0.25, -0.2) is 0 Å². The zero-order valence-electron chi connectivity index (χ0n) is 22.5. The third-order valence-electron chi connectivity index (χ3n) is 7.24. The summed E-state index contributed by atoms with van der Waals surface area (Å²) in [5.74, 6) is 0.201. The predicted molar refractivity (Wildman–Crippen MR) is 146 cm³/mol. The molecule has 1 aromatic carbocycles. The lowest BCUT2D eigenvalue weighted by Crippen LogP contribution is -2.44. The topological polar surface area (TPSA) is 17.1 Å². The number of carbonyl (C=O) groups is 1. The summed E-state index contributed by atoms with van der Waals surface area (Å²) in [4.78, 5) is 12.2. The van der Waals surface area contributed by atoms with Crippen molar-refractivity contribution in [2.24, 2.45) is 0 Å². The molecule has 0 amide bonds. The van der Waals surface area contributed by atoms with Crippen LogP contribution in [0.25, 0.3) is 0 Å². The van der Waals surface area contributed by atoms with Gasteiger partial charge >= 0.3 is 0 Å². The maximum absolute atomic E-state index is 12.2. The van der Waals surface area contributed by atoms with Gasteiger partial charge in [0.25, 0.3) is 0 Å². The smallest absolute Gasteiger partial charge is 0.158 e. The van der Waals surface area contributed by atoms with Crippen LogP contribution in [0.2, 0.25) is 0 Å². The van der Waals surface area contributed by atoms with Crippen molar-refractivity contribution in [3.63, 3.8) is 0 Å². The normalized spacial score (nSPS) is 12.6. The van der Waals surface area contributed by atoms with Crippen molar-refractivity contribution in [2.45, 2.75) is 123 Å². The number of quaternary nitrogens is 1. The van der Waals surface area contributed by atoms with E-state index in [0.717, 1.165) is 10.9 Å². The molecule has 0 aromatic heterocycles. The van der Waals surface area contributed by atoms with Crippen LogP contribution in [0.1, 0.15) is 128 Å². The molecular weight excluding hydrogens is 402 g/mol. The molecule has 1 atom stereocenters. The van der Waals surface area contributed by atoms with E-state index in [4.69, 9.17) is 0 Å². The molecule has 0 bridgehead atoms. The summed E-state index contributed by atoms with van der Waals surface area (Å²) < 4.78 is 0.950. The largest absolute Gasteiger partial charge is 0.322 e. The summed E-state index contributed by atoms with van der Waals surface area (Å²) in [6.07, 6.45) is 21.0. The molecule has 1 aromatic rings. The van der Waals surface area contributed by atoms with Crippen LogP contribution in [0.3, 0.4) is 0 Å². The molecular formula is C31H54NO+. The van der Waals surface area contributed by atoms with Gasteiger partial charge in [0, 0.05) is 18.4 Å². The highest BCUT2D eigenvalue weighted by Gasteiger charge is 2.29. The Morgan fingerprint density at radius 2 is 1.24 bits per heavy atom. The van der Waals surface area contributed by atoms with Gasteiger partial charge in [-0.05, 0) is 25.3 Å². The lowest BCUT2D eigenvalue weighted by molar-refractivity contribution is -0.921. The zero-order chi connectivity index (χ0) is 24.4. The van der Waals surface area contributed by atoms with Crippen molar-refractivity contribution in [1.82, 2.24) is 0 Å². The molecule has 0 aliphatic rings. The lowest BCUT2D eigenvalue weighted by Gasteiger charge is -2.38. The molecule has 33 heavy (non-hydrogen) atoms. The average molecular weight is 457 g/mol. The minimum atomic E-state index is 0.201. The average Bonchev–Trinajstić information content (AvgIpc) is 2.79. The fourth-order valence-corrected chi connectivity index (χ4v) is 4.95. The molecule has 0 N–H and O–H groups in total. The third kappa shape index (κ3) is 13.8. The molecule has 2 nitrogen and oxygen atoms in total. The molecule has 0 aliphatic carbocycles. The van der Waals surface area contributed by atoms with Gasteiger partial charge in [0.05, 0.1) is 20.6 Å². The van der Waals surface area contributed by atoms with Gasteiger partial charge in [-0.15, -0.1) is 0 Å². The van der Waals surface area contributed by atoms with Gasteiger partial charge in [-0.1, -0.05) is 121 Å². The second-order valence-electron chi connectivity index (χ2n) is 10.8. The number of benzene rings is 1. The van der Waals surface area contributed by atoms with Gasteiger partial charge in [0.2, 0.25) is 0 Å². The first-order chi connectivity index (χ1) is 15.9. The van der Waals surface area contributed by atoms with Crippen molar-refractivity contribution in [3.05, 3.63) is 48.0 Å². The first-order valence-electron chi connectivity index (χ1n) is 13.9. The molecule has 0 saturated carbocycles.